The third-order valence-corrected chi connectivity index (χ3v) is 4.67. The van der Waals surface area contributed by atoms with Gasteiger partial charge in [0.25, 0.3) is 5.69 Å². The fraction of sp³-hybridized carbons (Fsp3) is 0.250. The Labute approximate surface area is 139 Å². The van der Waals surface area contributed by atoms with Gasteiger partial charge in [0.05, 0.1) is 15.4 Å². The molecule has 0 aliphatic rings. The molecule has 0 bridgehead atoms. The molecule has 2 rings (SSSR count). The number of rotatable bonds is 6. The number of sulfone groups is 1. The summed E-state index contributed by atoms with van der Waals surface area (Å²) in [7, 11) is -3.30. The van der Waals surface area contributed by atoms with Crippen molar-refractivity contribution in [3.05, 3.63) is 63.7 Å². The van der Waals surface area contributed by atoms with E-state index in [-0.39, 0.29) is 17.2 Å². The highest BCUT2D eigenvalue weighted by Gasteiger charge is 2.16. The van der Waals surface area contributed by atoms with Crippen LogP contribution in [0.1, 0.15) is 17.2 Å². The second-order valence-electron chi connectivity index (χ2n) is 5.33. The van der Waals surface area contributed by atoms with Gasteiger partial charge in [-0.05, 0) is 30.7 Å². The molecule has 0 aliphatic heterocycles. The molecule has 8 heteroatoms. The van der Waals surface area contributed by atoms with Gasteiger partial charge in [-0.2, -0.15) is 0 Å². The second kappa shape index (κ2) is 6.98. The molecule has 0 aromatic heterocycles. The molecule has 1 unspecified atom stereocenters. The van der Waals surface area contributed by atoms with Crippen LogP contribution in [0.2, 0.25) is 0 Å². The lowest BCUT2D eigenvalue weighted by atomic mass is 10.1. The fourth-order valence-electron chi connectivity index (χ4n) is 2.16. The summed E-state index contributed by atoms with van der Waals surface area (Å²) < 4.78 is 28.3. The third kappa shape index (κ3) is 4.09. The minimum absolute atomic E-state index is 0.0560. The summed E-state index contributed by atoms with van der Waals surface area (Å²) in [5.41, 5.74) is 0.812. The molecule has 0 fully saturated rings. The molecule has 0 radical (unpaired) electrons. The molecular formula is C16H17NO6S. The summed E-state index contributed by atoms with van der Waals surface area (Å²) in [5, 5.41) is 21.0. The number of nitro groups is 1. The van der Waals surface area contributed by atoms with Crippen molar-refractivity contribution in [1.29, 1.82) is 0 Å². The lowest BCUT2D eigenvalue weighted by Gasteiger charge is -2.14. The second-order valence-corrected chi connectivity index (χ2v) is 7.34. The van der Waals surface area contributed by atoms with Gasteiger partial charge in [-0.25, -0.2) is 8.42 Å². The first-order valence-electron chi connectivity index (χ1n) is 7.05. The largest absolute Gasteiger partial charge is 0.490 e. The minimum Gasteiger partial charge on any atom is -0.490 e. The van der Waals surface area contributed by atoms with Crippen molar-refractivity contribution in [2.75, 3.05) is 12.9 Å². The van der Waals surface area contributed by atoms with Crippen molar-refractivity contribution < 1.29 is 23.2 Å². The van der Waals surface area contributed by atoms with Crippen LogP contribution in [-0.4, -0.2) is 31.3 Å². The van der Waals surface area contributed by atoms with Crippen molar-refractivity contribution >= 4 is 15.5 Å². The van der Waals surface area contributed by atoms with Gasteiger partial charge in [-0.1, -0.05) is 18.2 Å². The molecule has 0 heterocycles. The number of nitro benzene ring substituents is 1. The average Bonchev–Trinajstić information content (AvgIpc) is 2.52. The van der Waals surface area contributed by atoms with Gasteiger partial charge in [0.1, 0.15) is 18.5 Å². The van der Waals surface area contributed by atoms with Crippen LogP contribution >= 0.6 is 0 Å². The number of aliphatic hydroxyl groups is 1. The molecule has 24 heavy (non-hydrogen) atoms. The summed E-state index contributed by atoms with van der Waals surface area (Å²) in [4.78, 5) is 10.6. The lowest BCUT2D eigenvalue weighted by molar-refractivity contribution is -0.385. The Kier molecular flexibility index (Phi) is 5.20. The first-order valence-corrected chi connectivity index (χ1v) is 8.94. The first-order chi connectivity index (χ1) is 11.2. The Morgan fingerprint density at radius 1 is 1.21 bits per heavy atom. The smallest absolute Gasteiger partial charge is 0.276 e. The van der Waals surface area contributed by atoms with Crippen LogP contribution in [0.4, 0.5) is 5.69 Å². The van der Waals surface area contributed by atoms with E-state index >= 15 is 0 Å². The van der Waals surface area contributed by atoms with Gasteiger partial charge >= 0.3 is 0 Å². The number of nitrogens with zero attached hydrogens (tertiary/aromatic N) is 1. The van der Waals surface area contributed by atoms with Crippen LogP contribution in [0, 0.1) is 17.0 Å². The summed E-state index contributed by atoms with van der Waals surface area (Å²) in [5.74, 6) is 0.316. The summed E-state index contributed by atoms with van der Waals surface area (Å²) in [6, 6.07) is 10.3. The van der Waals surface area contributed by atoms with E-state index in [1.54, 1.807) is 13.0 Å². The number of aliphatic hydroxyl groups excluding tert-OH is 1. The SMILES string of the molecule is Cc1c(OCC(O)c2ccc(S(C)(=O)=O)cc2)cccc1[N+](=O)[O-]. The maximum absolute atomic E-state index is 11.4. The van der Waals surface area contributed by atoms with Crippen LogP contribution in [0.25, 0.3) is 0 Å². The van der Waals surface area contributed by atoms with E-state index < -0.39 is 20.9 Å². The maximum Gasteiger partial charge on any atom is 0.276 e. The Morgan fingerprint density at radius 3 is 2.38 bits per heavy atom. The van der Waals surface area contributed by atoms with E-state index in [1.165, 1.54) is 36.4 Å². The van der Waals surface area contributed by atoms with Gasteiger partial charge in [0.15, 0.2) is 9.84 Å². The monoisotopic (exact) mass is 351 g/mol. The predicted molar refractivity (Wildman–Crippen MR) is 87.8 cm³/mol. The van der Waals surface area contributed by atoms with Gasteiger partial charge < -0.3 is 9.84 Å². The van der Waals surface area contributed by atoms with E-state index in [0.717, 1.165) is 6.26 Å². The molecule has 1 N–H and O–H groups in total. The highest BCUT2D eigenvalue weighted by atomic mass is 32.2. The zero-order chi connectivity index (χ0) is 17.9. The Balaban J connectivity index is 2.10. The standard InChI is InChI=1S/C16H17NO6S/c1-11-14(17(19)20)4-3-5-16(11)23-10-15(18)12-6-8-13(9-7-12)24(2,21)22/h3-9,15,18H,10H2,1-2H3. The van der Waals surface area contributed by atoms with Crippen molar-refractivity contribution in [1.82, 2.24) is 0 Å². The van der Waals surface area contributed by atoms with Gasteiger partial charge in [0.2, 0.25) is 0 Å². The molecule has 0 aliphatic carbocycles. The van der Waals surface area contributed by atoms with E-state index in [0.29, 0.717) is 16.9 Å². The summed E-state index contributed by atoms with van der Waals surface area (Å²) >= 11 is 0. The van der Waals surface area contributed by atoms with Crippen molar-refractivity contribution in [2.24, 2.45) is 0 Å². The van der Waals surface area contributed by atoms with Crippen LogP contribution in [0.3, 0.4) is 0 Å². The van der Waals surface area contributed by atoms with Gasteiger partial charge in [-0.15, -0.1) is 0 Å². The highest BCUT2D eigenvalue weighted by Crippen LogP contribution is 2.28. The predicted octanol–water partition coefficient (Wildman–Crippen LogP) is 2.42. The van der Waals surface area contributed by atoms with Gasteiger partial charge in [-0.3, -0.25) is 10.1 Å². The zero-order valence-corrected chi connectivity index (χ0v) is 14.0. The van der Waals surface area contributed by atoms with Crippen molar-refractivity contribution in [3.8, 4) is 5.75 Å². The maximum atomic E-state index is 11.4. The number of benzene rings is 2. The van der Waals surface area contributed by atoms with Crippen LogP contribution < -0.4 is 4.74 Å². The quantitative estimate of drug-likeness (QED) is 0.633. The molecule has 2 aromatic carbocycles. The molecule has 0 amide bonds. The summed E-state index contributed by atoms with van der Waals surface area (Å²) in [6.07, 6.45) is 0.115. The fourth-order valence-corrected chi connectivity index (χ4v) is 2.79. The molecule has 0 saturated heterocycles. The lowest BCUT2D eigenvalue weighted by Crippen LogP contribution is -2.11. The molecule has 0 spiro atoms. The molecule has 0 saturated carbocycles. The van der Waals surface area contributed by atoms with Crippen molar-refractivity contribution in [3.63, 3.8) is 0 Å². The first kappa shape index (κ1) is 17.9. The Hall–Kier alpha value is -2.45. The topological polar surface area (TPSA) is 107 Å². The van der Waals surface area contributed by atoms with E-state index in [2.05, 4.69) is 0 Å². The molecule has 1 atom stereocenters. The number of hydrogen-bond donors (Lipinski definition) is 1. The van der Waals surface area contributed by atoms with Crippen LogP contribution in [0.5, 0.6) is 5.75 Å². The van der Waals surface area contributed by atoms with Crippen molar-refractivity contribution in [2.45, 2.75) is 17.9 Å². The minimum atomic E-state index is -3.30. The average molecular weight is 351 g/mol. The highest BCUT2D eigenvalue weighted by molar-refractivity contribution is 7.90. The van der Waals surface area contributed by atoms with E-state index in [1.807, 2.05) is 0 Å². The van der Waals surface area contributed by atoms with E-state index in [4.69, 9.17) is 4.74 Å². The molecule has 7 nitrogen and oxygen atoms in total. The Morgan fingerprint density at radius 2 is 1.83 bits per heavy atom. The van der Waals surface area contributed by atoms with Crippen LogP contribution in [0.15, 0.2) is 47.4 Å². The summed E-state index contributed by atoms with van der Waals surface area (Å²) in [6.45, 7) is 1.46. The van der Waals surface area contributed by atoms with E-state index in [9.17, 15) is 23.6 Å². The number of hydrogen-bond acceptors (Lipinski definition) is 6. The number of ether oxygens (including phenoxy) is 1. The zero-order valence-electron chi connectivity index (χ0n) is 13.2. The normalized spacial score (nSPS) is 12.6. The molecular weight excluding hydrogens is 334 g/mol. The Bertz CT molecular complexity index is 845. The van der Waals surface area contributed by atoms with Crippen LogP contribution in [-0.2, 0) is 9.84 Å². The third-order valence-electron chi connectivity index (χ3n) is 3.54. The molecule has 128 valence electrons. The van der Waals surface area contributed by atoms with Gasteiger partial charge in [0, 0.05) is 12.3 Å². The molecule has 2 aromatic rings.